The van der Waals surface area contributed by atoms with Crippen LogP contribution in [0.25, 0.3) is 22.3 Å². The van der Waals surface area contributed by atoms with Crippen molar-refractivity contribution in [3.8, 4) is 17.1 Å². The Kier molecular flexibility index (Phi) is 8.03. The molecular weight excluding hydrogens is 661 g/mol. The Bertz CT molecular complexity index is 2020. The summed E-state index contributed by atoms with van der Waals surface area (Å²) in [7, 11) is -6.03. The fourth-order valence-corrected chi connectivity index (χ4v) is 6.62. The highest BCUT2D eigenvalue weighted by atomic mass is 32.2. The average Bonchev–Trinajstić information content (AvgIpc) is 3.36. The van der Waals surface area contributed by atoms with E-state index in [9.17, 15) is 41.1 Å². The second kappa shape index (κ2) is 11.4. The lowest BCUT2D eigenvalue weighted by atomic mass is 9.86. The molecule has 3 aromatic rings. The van der Waals surface area contributed by atoms with E-state index in [4.69, 9.17) is 14.5 Å². The molecule has 1 aromatic carbocycles. The highest BCUT2D eigenvalue weighted by Crippen LogP contribution is 2.40. The Morgan fingerprint density at radius 3 is 2.42 bits per heavy atom. The van der Waals surface area contributed by atoms with Crippen molar-refractivity contribution in [2.75, 3.05) is 26.2 Å². The summed E-state index contributed by atoms with van der Waals surface area (Å²) in [5, 5.41) is 11.4. The van der Waals surface area contributed by atoms with E-state index in [1.807, 2.05) is 4.90 Å². The van der Waals surface area contributed by atoms with E-state index in [2.05, 4.69) is 4.18 Å². The molecular formula is C31H33F3N4O9S. The fourth-order valence-electron chi connectivity index (χ4n) is 6.14. The number of alkyl halides is 3. The van der Waals surface area contributed by atoms with Crippen molar-refractivity contribution in [2.24, 2.45) is 0 Å². The van der Waals surface area contributed by atoms with Gasteiger partial charge in [-0.2, -0.15) is 21.6 Å². The average molecular weight is 695 g/mol. The van der Waals surface area contributed by atoms with E-state index in [0.29, 0.717) is 35.4 Å². The number of carbonyl (C=O) groups is 2. The quantitative estimate of drug-likeness (QED) is 0.186. The Morgan fingerprint density at radius 1 is 1.10 bits per heavy atom. The molecule has 0 bridgehead atoms. The van der Waals surface area contributed by atoms with Gasteiger partial charge in [0.2, 0.25) is 0 Å². The summed E-state index contributed by atoms with van der Waals surface area (Å²) in [6.45, 7) is 7.56. The van der Waals surface area contributed by atoms with Crippen LogP contribution < -0.4 is 9.74 Å². The summed E-state index contributed by atoms with van der Waals surface area (Å²) in [5.41, 5.74) is -7.08. The number of carbonyl (C=O) groups excluding carboxylic acids is 2. The van der Waals surface area contributed by atoms with Gasteiger partial charge in [-0.15, -0.1) is 0 Å². The molecule has 1 fully saturated rings. The van der Waals surface area contributed by atoms with Crippen molar-refractivity contribution in [3.05, 3.63) is 56.9 Å². The maximum Gasteiger partial charge on any atom is 0.534 e. The van der Waals surface area contributed by atoms with Crippen LogP contribution >= 0.6 is 0 Å². The summed E-state index contributed by atoms with van der Waals surface area (Å²) >= 11 is 0. The van der Waals surface area contributed by atoms with E-state index in [1.165, 1.54) is 21.6 Å². The van der Waals surface area contributed by atoms with Gasteiger partial charge in [-0.05, 0) is 51.5 Å². The second-order valence-electron chi connectivity index (χ2n) is 12.9. The number of halogens is 3. The zero-order chi connectivity index (χ0) is 35.0. The van der Waals surface area contributed by atoms with Crippen molar-refractivity contribution < 1.29 is 49.9 Å². The van der Waals surface area contributed by atoms with Crippen molar-refractivity contribution >= 4 is 33.1 Å². The first-order valence-electron chi connectivity index (χ1n) is 15.2. The molecule has 6 rings (SSSR count). The predicted molar refractivity (Wildman–Crippen MR) is 163 cm³/mol. The molecule has 5 heterocycles. The zero-order valence-electron chi connectivity index (χ0n) is 26.5. The first kappa shape index (κ1) is 33.7. The largest absolute Gasteiger partial charge is 0.534 e. The zero-order valence-corrected chi connectivity index (χ0v) is 27.3. The lowest BCUT2D eigenvalue weighted by Gasteiger charge is -2.35. The van der Waals surface area contributed by atoms with Gasteiger partial charge in [-0.3, -0.25) is 9.69 Å². The Labute approximate surface area is 272 Å². The molecule has 1 atom stereocenters. The molecule has 0 unspecified atom stereocenters. The highest BCUT2D eigenvalue weighted by molar-refractivity contribution is 7.88. The summed E-state index contributed by atoms with van der Waals surface area (Å²) in [6, 6.07) is 5.57. The van der Waals surface area contributed by atoms with Crippen LogP contribution in [0.3, 0.4) is 0 Å². The van der Waals surface area contributed by atoms with Crippen molar-refractivity contribution in [1.29, 1.82) is 0 Å². The lowest BCUT2D eigenvalue weighted by Crippen LogP contribution is -2.49. The van der Waals surface area contributed by atoms with E-state index < -0.39 is 50.2 Å². The molecule has 17 heteroatoms. The number of aliphatic hydroxyl groups is 1. The third-order valence-corrected chi connectivity index (χ3v) is 9.61. The molecule has 0 spiro atoms. The van der Waals surface area contributed by atoms with Crippen molar-refractivity contribution in [3.63, 3.8) is 0 Å². The number of esters is 1. The van der Waals surface area contributed by atoms with Crippen LogP contribution in [0.4, 0.5) is 18.0 Å². The van der Waals surface area contributed by atoms with Gasteiger partial charge in [-0.25, -0.2) is 14.6 Å². The molecule has 1 N–H and O–H groups in total. The normalized spacial score (nSPS) is 19.8. The number of aromatic nitrogens is 2. The van der Waals surface area contributed by atoms with Crippen LogP contribution in [0, 0.1) is 0 Å². The number of hydrogen-bond donors (Lipinski definition) is 1. The van der Waals surface area contributed by atoms with E-state index in [-0.39, 0.29) is 61.4 Å². The molecule has 3 aliphatic rings. The molecule has 0 radical (unpaired) electrons. The number of benzene rings is 1. The van der Waals surface area contributed by atoms with E-state index in [0.717, 1.165) is 6.07 Å². The number of cyclic esters (lactones) is 1. The first-order valence-corrected chi connectivity index (χ1v) is 16.6. The number of amides is 1. The second-order valence-corrected chi connectivity index (χ2v) is 14.5. The molecule has 13 nitrogen and oxygen atoms in total. The molecule has 48 heavy (non-hydrogen) atoms. The maximum absolute atomic E-state index is 13.6. The van der Waals surface area contributed by atoms with Crippen LogP contribution in [-0.4, -0.2) is 82.2 Å². The summed E-state index contributed by atoms with van der Waals surface area (Å²) in [6.07, 6.45) is -0.546. The van der Waals surface area contributed by atoms with Crippen LogP contribution in [0.1, 0.15) is 56.4 Å². The Morgan fingerprint density at radius 2 is 1.79 bits per heavy atom. The third kappa shape index (κ3) is 5.77. The molecule has 2 aromatic heterocycles. The van der Waals surface area contributed by atoms with Crippen LogP contribution in [0.15, 0.2) is 29.1 Å². The summed E-state index contributed by atoms with van der Waals surface area (Å²) < 4.78 is 81.0. The molecule has 0 aliphatic carbocycles. The minimum atomic E-state index is -6.03. The smallest absolute Gasteiger partial charge is 0.458 e. The number of ether oxygens (including phenoxy) is 2. The van der Waals surface area contributed by atoms with Crippen LogP contribution in [-0.2, 0) is 49.7 Å². The van der Waals surface area contributed by atoms with Crippen LogP contribution in [0.5, 0.6) is 5.75 Å². The number of hydrogen-bond acceptors (Lipinski definition) is 11. The molecule has 1 saturated heterocycles. The number of rotatable bonds is 5. The lowest BCUT2D eigenvalue weighted by molar-refractivity contribution is -0.172. The number of pyridine rings is 2. The molecule has 0 saturated carbocycles. The number of piperazine rings is 1. The van der Waals surface area contributed by atoms with Gasteiger partial charge >= 0.3 is 27.7 Å². The van der Waals surface area contributed by atoms with Gasteiger partial charge in [0.25, 0.3) is 5.56 Å². The monoisotopic (exact) mass is 694 g/mol. The topological polar surface area (TPSA) is 158 Å². The first-order chi connectivity index (χ1) is 22.3. The van der Waals surface area contributed by atoms with Gasteiger partial charge in [0, 0.05) is 54.8 Å². The fraction of sp³-hybridized carbons (Fsp3) is 0.484. The predicted octanol–water partition coefficient (Wildman–Crippen LogP) is 3.36. The highest BCUT2D eigenvalue weighted by Gasteiger charge is 2.49. The van der Waals surface area contributed by atoms with Gasteiger partial charge in [0.15, 0.2) is 5.60 Å². The van der Waals surface area contributed by atoms with Crippen molar-refractivity contribution in [1.82, 2.24) is 19.4 Å². The SMILES string of the molecule is CC[C@@]1(O)C(=O)OCc2c1cc1n(c2=O)Cc2cc3c(CN4CCN(C(=O)OC(C)(C)C)CC4)c(OS(=O)(=O)C(F)(F)F)ccc3nc2-1. The number of nitrogens with zero attached hydrogens (tertiary/aromatic N) is 4. The van der Waals surface area contributed by atoms with Crippen LogP contribution in [0.2, 0.25) is 0 Å². The molecule has 258 valence electrons. The third-order valence-electron chi connectivity index (χ3n) is 8.65. The standard InChI is InChI=1S/C31H33F3N4O9S/c1-5-30(42)21-13-23-25-17(14-38(23)26(39)20(21)16-45-27(30)40)12-18-19(15-36-8-10-37(11-9-36)28(41)46-29(2,3)4)24(7-6-22(18)35-25)47-48(43,44)31(32,33)34/h6-7,12-13,42H,5,8-11,14-16H2,1-4H3/t30-/m0/s1. The van der Waals surface area contributed by atoms with Gasteiger partial charge in [-0.1, -0.05) is 6.92 Å². The number of fused-ring (bicyclic) bond motifs is 5. The minimum Gasteiger partial charge on any atom is -0.458 e. The van der Waals surface area contributed by atoms with E-state index >= 15 is 0 Å². The van der Waals surface area contributed by atoms with Gasteiger partial charge < -0.3 is 28.2 Å². The van der Waals surface area contributed by atoms with Crippen molar-refractivity contribution in [2.45, 2.75) is 70.5 Å². The summed E-state index contributed by atoms with van der Waals surface area (Å²) in [5.74, 6) is -1.41. The van der Waals surface area contributed by atoms with Gasteiger partial charge in [0.05, 0.1) is 29.0 Å². The van der Waals surface area contributed by atoms with E-state index in [1.54, 1.807) is 33.8 Å². The molecule has 3 aliphatic heterocycles. The Hall–Kier alpha value is -4.22. The Balaban J connectivity index is 1.40. The van der Waals surface area contributed by atoms with Gasteiger partial charge in [0.1, 0.15) is 18.0 Å². The minimum absolute atomic E-state index is 0.0121. The maximum atomic E-state index is 13.6. The summed E-state index contributed by atoms with van der Waals surface area (Å²) in [4.78, 5) is 46.7. The molecule has 1 amide bonds.